The lowest BCUT2D eigenvalue weighted by Crippen LogP contribution is -2.13. The van der Waals surface area contributed by atoms with Crippen LogP contribution in [0.15, 0.2) is 33.9 Å². The van der Waals surface area contributed by atoms with E-state index in [4.69, 9.17) is 23.2 Å². The van der Waals surface area contributed by atoms with Crippen LogP contribution in [0.3, 0.4) is 0 Å². The fourth-order valence-corrected chi connectivity index (χ4v) is 1.57. The van der Waals surface area contributed by atoms with Gasteiger partial charge in [0.2, 0.25) is 0 Å². The molecule has 14 heavy (non-hydrogen) atoms. The maximum Gasteiger partial charge on any atom is 0.0557 e. The number of nitrogens with zero attached hydrogens (tertiary/aromatic N) is 1. The van der Waals surface area contributed by atoms with Crippen LogP contribution in [-0.2, 0) is 0 Å². The molecule has 0 saturated heterocycles. The first-order valence-electron chi connectivity index (χ1n) is 4.65. The van der Waals surface area contributed by atoms with E-state index in [-0.39, 0.29) is 0 Å². The van der Waals surface area contributed by atoms with Gasteiger partial charge in [-0.3, -0.25) is 0 Å². The molecule has 0 saturated carbocycles. The van der Waals surface area contributed by atoms with E-state index in [1.807, 2.05) is 6.08 Å². The van der Waals surface area contributed by atoms with Crippen LogP contribution in [0.1, 0.15) is 12.8 Å². The lowest BCUT2D eigenvalue weighted by molar-refractivity contribution is 0.414. The van der Waals surface area contributed by atoms with Crippen LogP contribution in [0.25, 0.3) is 0 Å². The summed E-state index contributed by atoms with van der Waals surface area (Å²) in [7, 11) is 4.12. The van der Waals surface area contributed by atoms with Gasteiger partial charge < -0.3 is 4.90 Å². The molecule has 1 aliphatic rings. The van der Waals surface area contributed by atoms with E-state index < -0.39 is 0 Å². The molecule has 0 aromatic rings. The van der Waals surface area contributed by atoms with Crippen molar-refractivity contribution in [2.45, 2.75) is 12.8 Å². The summed E-state index contributed by atoms with van der Waals surface area (Å²) in [5.74, 6) is 0. The predicted octanol–water partition coefficient (Wildman–Crippen LogP) is 3.51. The predicted molar refractivity (Wildman–Crippen MR) is 63.7 cm³/mol. The number of hydrogen-bond donors (Lipinski definition) is 0. The molecule has 1 nitrogen and oxygen atoms in total. The highest BCUT2D eigenvalue weighted by Crippen LogP contribution is 2.24. The highest BCUT2D eigenvalue weighted by Gasteiger charge is 2.04. The number of hydrogen-bond acceptors (Lipinski definition) is 1. The molecule has 0 atom stereocenters. The molecule has 0 heterocycles. The SMILES string of the molecule is CN(C)CCC1=CC(Cl)=C(Cl)CC=C1. The van der Waals surface area contributed by atoms with Gasteiger partial charge in [0.25, 0.3) is 0 Å². The third kappa shape index (κ3) is 3.87. The normalized spacial score (nSPS) is 17.4. The van der Waals surface area contributed by atoms with Crippen molar-refractivity contribution >= 4 is 23.2 Å². The summed E-state index contributed by atoms with van der Waals surface area (Å²) in [6, 6.07) is 0. The Bertz CT molecular complexity index is 288. The molecule has 1 rings (SSSR count). The zero-order chi connectivity index (χ0) is 10.6. The standard InChI is InChI=1S/C11H15Cl2N/c1-14(2)7-6-9-4-3-5-10(12)11(13)8-9/h3-4,8H,5-7H2,1-2H3. The smallest absolute Gasteiger partial charge is 0.0557 e. The molecular weight excluding hydrogens is 217 g/mol. The second-order valence-electron chi connectivity index (χ2n) is 3.63. The Morgan fingerprint density at radius 1 is 1.36 bits per heavy atom. The highest BCUT2D eigenvalue weighted by molar-refractivity contribution is 6.40. The zero-order valence-corrected chi connectivity index (χ0v) is 10.1. The van der Waals surface area contributed by atoms with Crippen molar-refractivity contribution in [1.82, 2.24) is 4.90 Å². The summed E-state index contributed by atoms with van der Waals surface area (Å²) in [6.07, 6.45) is 7.85. The van der Waals surface area contributed by atoms with Gasteiger partial charge in [-0.25, -0.2) is 0 Å². The summed E-state index contributed by atoms with van der Waals surface area (Å²) in [5, 5.41) is 1.40. The van der Waals surface area contributed by atoms with Crippen molar-refractivity contribution in [3.8, 4) is 0 Å². The molecule has 78 valence electrons. The van der Waals surface area contributed by atoms with Crippen LogP contribution in [0.5, 0.6) is 0 Å². The Morgan fingerprint density at radius 3 is 2.71 bits per heavy atom. The molecule has 0 unspecified atom stereocenters. The number of rotatable bonds is 3. The van der Waals surface area contributed by atoms with E-state index in [0.717, 1.165) is 24.4 Å². The van der Waals surface area contributed by atoms with Crippen LogP contribution in [0.2, 0.25) is 0 Å². The third-order valence-electron chi connectivity index (χ3n) is 2.05. The summed E-state index contributed by atoms with van der Waals surface area (Å²) < 4.78 is 0. The van der Waals surface area contributed by atoms with E-state index in [0.29, 0.717) is 5.03 Å². The van der Waals surface area contributed by atoms with Gasteiger partial charge >= 0.3 is 0 Å². The van der Waals surface area contributed by atoms with Crippen LogP contribution in [0.4, 0.5) is 0 Å². The van der Waals surface area contributed by atoms with Crippen molar-refractivity contribution < 1.29 is 0 Å². The average Bonchev–Trinajstić information content (AvgIpc) is 2.26. The Hall–Kier alpha value is -0.240. The molecular formula is C11H15Cl2N. The highest BCUT2D eigenvalue weighted by atomic mass is 35.5. The molecule has 1 aliphatic carbocycles. The molecule has 0 N–H and O–H groups in total. The van der Waals surface area contributed by atoms with Crippen molar-refractivity contribution in [1.29, 1.82) is 0 Å². The quantitative estimate of drug-likeness (QED) is 0.719. The van der Waals surface area contributed by atoms with Crippen LogP contribution >= 0.6 is 23.2 Å². The lowest BCUT2D eigenvalue weighted by Gasteiger charge is -2.09. The van der Waals surface area contributed by atoms with Gasteiger partial charge in [0.15, 0.2) is 0 Å². The van der Waals surface area contributed by atoms with E-state index in [1.54, 1.807) is 0 Å². The fraction of sp³-hybridized carbons (Fsp3) is 0.455. The largest absolute Gasteiger partial charge is 0.309 e. The molecule has 0 amide bonds. The van der Waals surface area contributed by atoms with Crippen LogP contribution in [0, 0.1) is 0 Å². The van der Waals surface area contributed by atoms with Crippen molar-refractivity contribution in [2.24, 2.45) is 0 Å². The Labute approximate surface area is 95.7 Å². The summed E-state index contributed by atoms with van der Waals surface area (Å²) in [6.45, 7) is 1.03. The minimum Gasteiger partial charge on any atom is -0.309 e. The van der Waals surface area contributed by atoms with E-state index in [1.165, 1.54) is 5.57 Å². The average molecular weight is 232 g/mol. The summed E-state index contributed by atoms with van der Waals surface area (Å²) >= 11 is 11.9. The minimum atomic E-state index is 0.672. The first kappa shape index (κ1) is 11.8. The van der Waals surface area contributed by atoms with Gasteiger partial charge in [-0.1, -0.05) is 35.4 Å². The molecule has 0 aliphatic heterocycles. The van der Waals surface area contributed by atoms with Gasteiger partial charge in [-0.15, -0.1) is 0 Å². The topological polar surface area (TPSA) is 3.24 Å². The maximum absolute atomic E-state index is 6.00. The van der Waals surface area contributed by atoms with Crippen molar-refractivity contribution in [2.75, 3.05) is 20.6 Å². The Balaban J connectivity index is 2.64. The second kappa shape index (κ2) is 5.59. The third-order valence-corrected chi connectivity index (χ3v) is 2.84. The molecule has 0 bridgehead atoms. The van der Waals surface area contributed by atoms with Gasteiger partial charge in [-0.05, 0) is 32.2 Å². The maximum atomic E-state index is 6.00. The molecule has 0 radical (unpaired) electrons. The van der Waals surface area contributed by atoms with Gasteiger partial charge in [0, 0.05) is 18.0 Å². The van der Waals surface area contributed by atoms with Gasteiger partial charge in [0.1, 0.15) is 0 Å². The first-order valence-corrected chi connectivity index (χ1v) is 5.41. The number of halogens is 2. The Morgan fingerprint density at radius 2 is 2.07 bits per heavy atom. The van der Waals surface area contributed by atoms with Crippen molar-refractivity contribution in [3.63, 3.8) is 0 Å². The monoisotopic (exact) mass is 231 g/mol. The second-order valence-corrected chi connectivity index (χ2v) is 4.50. The zero-order valence-electron chi connectivity index (χ0n) is 8.56. The summed E-state index contributed by atoms with van der Waals surface area (Å²) in [4.78, 5) is 2.15. The van der Waals surface area contributed by atoms with Gasteiger partial charge in [-0.2, -0.15) is 0 Å². The lowest BCUT2D eigenvalue weighted by atomic mass is 10.1. The van der Waals surface area contributed by atoms with Gasteiger partial charge in [0.05, 0.1) is 5.03 Å². The first-order chi connectivity index (χ1) is 6.59. The molecule has 3 heteroatoms. The fourth-order valence-electron chi connectivity index (χ4n) is 1.21. The van der Waals surface area contributed by atoms with E-state index >= 15 is 0 Å². The minimum absolute atomic E-state index is 0.672. The van der Waals surface area contributed by atoms with Crippen molar-refractivity contribution in [3.05, 3.63) is 33.9 Å². The van der Waals surface area contributed by atoms with E-state index in [2.05, 4.69) is 31.1 Å². The molecule has 0 fully saturated rings. The van der Waals surface area contributed by atoms with Crippen LogP contribution in [-0.4, -0.2) is 25.5 Å². The van der Waals surface area contributed by atoms with E-state index in [9.17, 15) is 0 Å². The van der Waals surface area contributed by atoms with Crippen LogP contribution < -0.4 is 0 Å². The summed E-state index contributed by atoms with van der Waals surface area (Å²) in [5.41, 5.74) is 1.24. The molecule has 0 aromatic carbocycles. The number of allylic oxidation sites excluding steroid dienone is 5. The molecule has 0 aromatic heterocycles. The Kier molecular flexibility index (Phi) is 4.73. The molecule has 0 spiro atoms.